The molecule has 0 heterocycles. The van der Waals surface area contributed by atoms with Gasteiger partial charge in [0.05, 0.1) is 0 Å². The average molecular weight is 125 g/mol. The van der Waals surface area contributed by atoms with E-state index in [2.05, 4.69) is 6.92 Å². The summed E-state index contributed by atoms with van der Waals surface area (Å²) in [5.41, 5.74) is 8.54. The van der Waals surface area contributed by atoms with Gasteiger partial charge in [0.15, 0.2) is 0 Å². The average Bonchev–Trinajstić information content (AvgIpc) is 2.37. The van der Waals surface area contributed by atoms with Gasteiger partial charge < -0.3 is 5.73 Å². The van der Waals surface area contributed by atoms with Gasteiger partial charge in [-0.2, -0.15) is 0 Å². The highest BCUT2D eigenvalue weighted by Gasteiger charge is 2.07. The van der Waals surface area contributed by atoms with Gasteiger partial charge in [0.1, 0.15) is 0 Å². The van der Waals surface area contributed by atoms with Crippen LogP contribution in [0.3, 0.4) is 0 Å². The van der Waals surface area contributed by atoms with Crippen molar-refractivity contribution in [3.8, 4) is 0 Å². The molecule has 0 bridgehead atoms. The lowest BCUT2D eigenvalue weighted by molar-refractivity contribution is 0.886. The van der Waals surface area contributed by atoms with Crippen molar-refractivity contribution >= 4 is 0 Å². The molecule has 0 aromatic rings. The first-order valence-corrected chi connectivity index (χ1v) is 3.72. The van der Waals surface area contributed by atoms with Gasteiger partial charge in [-0.15, -0.1) is 0 Å². The maximum absolute atomic E-state index is 5.49. The second-order valence-corrected chi connectivity index (χ2v) is 2.80. The molecule has 1 aliphatic carbocycles. The minimum absolute atomic E-state index is 0.759. The number of allylic oxidation sites excluding steroid dienone is 1. The van der Waals surface area contributed by atoms with E-state index < -0.39 is 0 Å². The van der Waals surface area contributed by atoms with Crippen LogP contribution >= 0.6 is 0 Å². The zero-order valence-electron chi connectivity index (χ0n) is 6.11. The fourth-order valence-electron chi connectivity index (χ4n) is 1.37. The molecule has 2 N–H and O–H groups in total. The van der Waals surface area contributed by atoms with Crippen LogP contribution in [-0.4, -0.2) is 6.54 Å². The Hall–Kier alpha value is -0.300. The summed E-state index contributed by atoms with van der Waals surface area (Å²) in [4.78, 5) is 0. The highest BCUT2D eigenvalue weighted by atomic mass is 14.5. The highest BCUT2D eigenvalue weighted by molar-refractivity contribution is 5.15. The lowest BCUT2D eigenvalue weighted by Gasteiger charge is -2.00. The summed E-state index contributed by atoms with van der Waals surface area (Å²) in [5.74, 6) is 0. The number of nitrogens with two attached hydrogens (primary N) is 1. The van der Waals surface area contributed by atoms with Crippen LogP contribution in [0.2, 0.25) is 0 Å². The molecule has 0 aromatic heterocycles. The van der Waals surface area contributed by atoms with E-state index in [1.807, 2.05) is 0 Å². The van der Waals surface area contributed by atoms with Crippen molar-refractivity contribution in [2.75, 3.05) is 6.54 Å². The molecule has 1 rings (SSSR count). The molecular weight excluding hydrogens is 110 g/mol. The molecule has 9 heavy (non-hydrogen) atoms. The smallest absolute Gasteiger partial charge is 0.0136 e. The van der Waals surface area contributed by atoms with E-state index >= 15 is 0 Å². The molecule has 0 atom stereocenters. The van der Waals surface area contributed by atoms with E-state index in [4.69, 9.17) is 5.73 Å². The van der Waals surface area contributed by atoms with E-state index in [1.165, 1.54) is 31.3 Å². The van der Waals surface area contributed by atoms with Crippen LogP contribution in [0.4, 0.5) is 0 Å². The molecule has 0 aliphatic heterocycles. The molecule has 1 nitrogen and oxygen atoms in total. The van der Waals surface area contributed by atoms with Crippen molar-refractivity contribution in [3.63, 3.8) is 0 Å². The standard InChI is InChI=1S/C8H15N/c1-7(6-9)8-4-2-3-5-8/h2-6,9H2,1H3. The first-order valence-electron chi connectivity index (χ1n) is 3.72. The summed E-state index contributed by atoms with van der Waals surface area (Å²) >= 11 is 0. The minimum Gasteiger partial charge on any atom is -0.327 e. The highest BCUT2D eigenvalue weighted by Crippen LogP contribution is 2.25. The number of hydrogen-bond donors (Lipinski definition) is 1. The molecule has 1 aliphatic rings. The van der Waals surface area contributed by atoms with Gasteiger partial charge in [0.2, 0.25) is 0 Å². The quantitative estimate of drug-likeness (QED) is 0.532. The molecule has 0 radical (unpaired) electrons. The number of hydrogen-bond acceptors (Lipinski definition) is 1. The Morgan fingerprint density at radius 1 is 1.44 bits per heavy atom. The van der Waals surface area contributed by atoms with Gasteiger partial charge in [-0.1, -0.05) is 11.1 Å². The summed E-state index contributed by atoms with van der Waals surface area (Å²) in [7, 11) is 0. The van der Waals surface area contributed by atoms with Gasteiger partial charge in [0.25, 0.3) is 0 Å². The van der Waals surface area contributed by atoms with E-state index in [1.54, 1.807) is 5.57 Å². The summed E-state index contributed by atoms with van der Waals surface area (Å²) in [6.45, 7) is 2.91. The molecule has 0 unspecified atom stereocenters. The van der Waals surface area contributed by atoms with Crippen molar-refractivity contribution < 1.29 is 0 Å². The predicted octanol–water partition coefficient (Wildman–Crippen LogP) is 1.84. The van der Waals surface area contributed by atoms with Gasteiger partial charge in [-0.3, -0.25) is 0 Å². The van der Waals surface area contributed by atoms with Crippen LogP contribution in [0.1, 0.15) is 32.6 Å². The Morgan fingerprint density at radius 2 is 2.00 bits per heavy atom. The molecule has 0 amide bonds. The number of rotatable bonds is 1. The zero-order chi connectivity index (χ0) is 6.69. The largest absolute Gasteiger partial charge is 0.327 e. The molecule has 0 spiro atoms. The van der Waals surface area contributed by atoms with E-state index in [0.29, 0.717) is 0 Å². The van der Waals surface area contributed by atoms with Crippen LogP contribution in [0.25, 0.3) is 0 Å². The summed E-state index contributed by atoms with van der Waals surface area (Å²) in [6.07, 6.45) is 5.38. The van der Waals surface area contributed by atoms with Gasteiger partial charge >= 0.3 is 0 Å². The van der Waals surface area contributed by atoms with Gasteiger partial charge in [-0.05, 0) is 32.6 Å². The maximum Gasteiger partial charge on any atom is 0.0136 e. The fraction of sp³-hybridized carbons (Fsp3) is 0.750. The van der Waals surface area contributed by atoms with Crippen LogP contribution < -0.4 is 5.73 Å². The van der Waals surface area contributed by atoms with Crippen molar-refractivity contribution in [1.29, 1.82) is 0 Å². The summed E-state index contributed by atoms with van der Waals surface area (Å²) < 4.78 is 0. The third-order valence-corrected chi connectivity index (χ3v) is 2.12. The SMILES string of the molecule is CC(CN)=C1CCCC1. The normalized spacial score (nSPS) is 18.7. The van der Waals surface area contributed by atoms with E-state index in [9.17, 15) is 0 Å². The first kappa shape index (κ1) is 6.81. The second-order valence-electron chi connectivity index (χ2n) is 2.80. The van der Waals surface area contributed by atoms with Crippen molar-refractivity contribution in [2.45, 2.75) is 32.6 Å². The van der Waals surface area contributed by atoms with Crippen molar-refractivity contribution in [1.82, 2.24) is 0 Å². The van der Waals surface area contributed by atoms with E-state index in [0.717, 1.165) is 6.54 Å². The first-order chi connectivity index (χ1) is 4.34. The van der Waals surface area contributed by atoms with Gasteiger partial charge in [-0.25, -0.2) is 0 Å². The monoisotopic (exact) mass is 125 g/mol. The second kappa shape index (κ2) is 3.02. The van der Waals surface area contributed by atoms with Crippen molar-refractivity contribution in [2.24, 2.45) is 5.73 Å². The molecule has 0 saturated heterocycles. The van der Waals surface area contributed by atoms with Crippen LogP contribution in [0, 0.1) is 0 Å². The third kappa shape index (κ3) is 1.55. The molecule has 52 valence electrons. The van der Waals surface area contributed by atoms with E-state index in [-0.39, 0.29) is 0 Å². The third-order valence-electron chi connectivity index (χ3n) is 2.12. The fourth-order valence-corrected chi connectivity index (χ4v) is 1.37. The zero-order valence-corrected chi connectivity index (χ0v) is 6.11. The lowest BCUT2D eigenvalue weighted by Crippen LogP contribution is -2.01. The Bertz CT molecular complexity index is 117. The molecule has 1 fully saturated rings. The Balaban J connectivity index is 2.55. The lowest BCUT2D eigenvalue weighted by atomic mass is 10.1. The Morgan fingerprint density at radius 3 is 2.44 bits per heavy atom. The van der Waals surface area contributed by atoms with Crippen molar-refractivity contribution in [3.05, 3.63) is 11.1 Å². The predicted molar refractivity (Wildman–Crippen MR) is 40.2 cm³/mol. The van der Waals surface area contributed by atoms with Crippen LogP contribution in [-0.2, 0) is 0 Å². The van der Waals surface area contributed by atoms with Crippen LogP contribution in [0.5, 0.6) is 0 Å². The summed E-state index contributed by atoms with van der Waals surface area (Å²) in [6, 6.07) is 0. The molecule has 0 aromatic carbocycles. The minimum atomic E-state index is 0.759. The van der Waals surface area contributed by atoms with Gasteiger partial charge in [0, 0.05) is 6.54 Å². The van der Waals surface area contributed by atoms with Crippen LogP contribution in [0.15, 0.2) is 11.1 Å². The summed E-state index contributed by atoms with van der Waals surface area (Å²) in [5, 5.41) is 0. The molecule has 1 heteroatoms. The topological polar surface area (TPSA) is 26.0 Å². The maximum atomic E-state index is 5.49. The molecule has 1 saturated carbocycles. The molecular formula is C8H15N. The Kier molecular flexibility index (Phi) is 2.29. The Labute approximate surface area is 56.9 Å².